The van der Waals surface area contributed by atoms with Gasteiger partial charge in [0.05, 0.1) is 6.61 Å². The van der Waals surface area contributed by atoms with Crippen LogP contribution in [0.25, 0.3) is 0 Å². The summed E-state index contributed by atoms with van der Waals surface area (Å²) in [5, 5.41) is 9.79. The van der Waals surface area contributed by atoms with Crippen molar-refractivity contribution in [2.45, 2.75) is 38.5 Å². The molecule has 0 aromatic rings. The lowest BCUT2D eigenvalue weighted by Crippen LogP contribution is -2.50. The Balaban J connectivity index is 1.60. The Hall–Kier alpha value is -0.120. The van der Waals surface area contributed by atoms with E-state index in [1.54, 1.807) is 0 Å². The van der Waals surface area contributed by atoms with Gasteiger partial charge in [0.1, 0.15) is 0 Å². The number of ether oxygens (including phenoxy) is 1. The van der Waals surface area contributed by atoms with Crippen LogP contribution < -0.4 is 0 Å². The zero-order valence-corrected chi connectivity index (χ0v) is 11.4. The van der Waals surface area contributed by atoms with Crippen molar-refractivity contribution in [1.82, 2.24) is 4.90 Å². The van der Waals surface area contributed by atoms with Crippen LogP contribution in [0.4, 0.5) is 0 Å². The molecule has 2 aliphatic heterocycles. The first-order valence-corrected chi connectivity index (χ1v) is 7.71. The van der Waals surface area contributed by atoms with E-state index in [0.29, 0.717) is 6.61 Å². The summed E-state index contributed by atoms with van der Waals surface area (Å²) >= 11 is 0. The minimum atomic E-state index is 0.129. The van der Waals surface area contributed by atoms with Crippen molar-refractivity contribution >= 4 is 0 Å². The minimum Gasteiger partial charge on any atom is -0.396 e. The number of aliphatic hydroxyl groups is 1. The molecule has 18 heavy (non-hydrogen) atoms. The van der Waals surface area contributed by atoms with Crippen molar-refractivity contribution in [2.75, 3.05) is 39.5 Å². The Labute approximate surface area is 110 Å². The van der Waals surface area contributed by atoms with Crippen LogP contribution in [-0.4, -0.2) is 49.5 Å². The molecule has 3 aliphatic rings. The Bertz CT molecular complexity index is 264. The van der Waals surface area contributed by atoms with E-state index in [2.05, 4.69) is 4.90 Å². The normalized spacial score (nSPS) is 36.5. The first-order valence-electron chi connectivity index (χ1n) is 7.71. The third kappa shape index (κ3) is 2.73. The molecule has 0 aromatic carbocycles. The summed E-state index contributed by atoms with van der Waals surface area (Å²) < 4.78 is 5.46. The number of hydrogen-bond donors (Lipinski definition) is 1. The highest BCUT2D eigenvalue weighted by atomic mass is 16.5. The van der Waals surface area contributed by atoms with Gasteiger partial charge in [0.15, 0.2) is 0 Å². The van der Waals surface area contributed by atoms with E-state index in [9.17, 15) is 5.11 Å². The van der Waals surface area contributed by atoms with Crippen molar-refractivity contribution in [3.05, 3.63) is 0 Å². The maximum Gasteiger partial charge on any atom is 0.0501 e. The number of rotatable bonds is 3. The summed E-state index contributed by atoms with van der Waals surface area (Å²) in [6.07, 6.45) is 7.85. The number of piperidine rings is 1. The van der Waals surface area contributed by atoms with Crippen LogP contribution in [0.2, 0.25) is 0 Å². The molecule has 104 valence electrons. The van der Waals surface area contributed by atoms with Gasteiger partial charge in [0.25, 0.3) is 0 Å². The van der Waals surface area contributed by atoms with Crippen molar-refractivity contribution in [2.24, 2.45) is 17.3 Å². The molecule has 2 bridgehead atoms. The molecule has 0 radical (unpaired) electrons. The lowest BCUT2D eigenvalue weighted by atomic mass is 9.75. The molecule has 3 fully saturated rings. The third-order valence-corrected chi connectivity index (χ3v) is 5.37. The molecule has 1 aliphatic carbocycles. The maximum atomic E-state index is 9.79. The molecule has 2 heterocycles. The van der Waals surface area contributed by atoms with Crippen molar-refractivity contribution in [3.63, 3.8) is 0 Å². The molecular formula is C15H27NO2. The van der Waals surface area contributed by atoms with Gasteiger partial charge < -0.3 is 14.7 Å². The fourth-order valence-electron chi connectivity index (χ4n) is 4.31. The zero-order valence-electron chi connectivity index (χ0n) is 11.4. The van der Waals surface area contributed by atoms with Gasteiger partial charge in [-0.1, -0.05) is 6.42 Å². The predicted molar refractivity (Wildman–Crippen MR) is 71.5 cm³/mol. The highest BCUT2D eigenvalue weighted by Gasteiger charge is 2.37. The number of aliphatic hydroxyl groups excluding tert-OH is 1. The largest absolute Gasteiger partial charge is 0.396 e. The van der Waals surface area contributed by atoms with Crippen LogP contribution in [0.3, 0.4) is 0 Å². The molecule has 3 rings (SSSR count). The summed E-state index contributed by atoms with van der Waals surface area (Å²) in [7, 11) is 0. The summed E-state index contributed by atoms with van der Waals surface area (Å²) in [6.45, 7) is 5.66. The van der Waals surface area contributed by atoms with Crippen molar-refractivity contribution < 1.29 is 9.84 Å². The van der Waals surface area contributed by atoms with Gasteiger partial charge in [-0.25, -0.2) is 0 Å². The van der Waals surface area contributed by atoms with Gasteiger partial charge in [-0.05, 0) is 43.9 Å². The Morgan fingerprint density at radius 2 is 1.78 bits per heavy atom. The summed E-state index contributed by atoms with van der Waals surface area (Å²) in [6, 6.07) is 0. The molecule has 0 spiro atoms. The first kappa shape index (κ1) is 12.9. The lowest BCUT2D eigenvalue weighted by Gasteiger charge is -2.46. The average Bonchev–Trinajstić information content (AvgIpc) is 2.39. The van der Waals surface area contributed by atoms with Gasteiger partial charge in [0, 0.05) is 38.3 Å². The molecular weight excluding hydrogens is 226 g/mol. The van der Waals surface area contributed by atoms with Crippen LogP contribution in [0.1, 0.15) is 38.5 Å². The molecule has 2 unspecified atom stereocenters. The van der Waals surface area contributed by atoms with Gasteiger partial charge >= 0.3 is 0 Å². The summed E-state index contributed by atoms with van der Waals surface area (Å²) in [5.41, 5.74) is 0.129. The van der Waals surface area contributed by atoms with E-state index in [-0.39, 0.29) is 5.41 Å². The van der Waals surface area contributed by atoms with E-state index in [0.717, 1.165) is 44.4 Å². The number of fused-ring (bicyclic) bond motifs is 2. The van der Waals surface area contributed by atoms with E-state index in [4.69, 9.17) is 4.74 Å². The van der Waals surface area contributed by atoms with Crippen LogP contribution in [-0.2, 0) is 4.74 Å². The number of hydrogen-bond acceptors (Lipinski definition) is 3. The van der Waals surface area contributed by atoms with E-state index >= 15 is 0 Å². The predicted octanol–water partition coefficient (Wildman–Crippen LogP) is 1.90. The second-order valence-electron chi connectivity index (χ2n) is 6.86. The van der Waals surface area contributed by atoms with Gasteiger partial charge in [-0.15, -0.1) is 0 Å². The van der Waals surface area contributed by atoms with Gasteiger partial charge in [0.2, 0.25) is 0 Å². The lowest BCUT2D eigenvalue weighted by molar-refractivity contribution is -0.0475. The Morgan fingerprint density at radius 1 is 1.11 bits per heavy atom. The second kappa shape index (κ2) is 5.48. The summed E-state index contributed by atoms with van der Waals surface area (Å²) in [4.78, 5) is 2.65. The SMILES string of the molecule is OCC1(CN2CC3CCCC(C3)C2)CCOCC1. The van der Waals surface area contributed by atoms with Gasteiger partial charge in [-0.3, -0.25) is 0 Å². The highest BCUT2D eigenvalue weighted by Crippen LogP contribution is 2.37. The Morgan fingerprint density at radius 3 is 2.39 bits per heavy atom. The van der Waals surface area contributed by atoms with Crippen LogP contribution in [0, 0.1) is 17.3 Å². The third-order valence-electron chi connectivity index (χ3n) is 5.37. The molecule has 1 N–H and O–H groups in total. The first-order chi connectivity index (χ1) is 8.80. The fourth-order valence-corrected chi connectivity index (χ4v) is 4.31. The van der Waals surface area contributed by atoms with E-state index in [1.165, 1.54) is 38.8 Å². The molecule has 2 atom stereocenters. The van der Waals surface area contributed by atoms with Crippen LogP contribution >= 0.6 is 0 Å². The number of nitrogens with zero attached hydrogens (tertiary/aromatic N) is 1. The van der Waals surface area contributed by atoms with Gasteiger partial charge in [-0.2, -0.15) is 0 Å². The minimum absolute atomic E-state index is 0.129. The molecule has 3 nitrogen and oxygen atoms in total. The van der Waals surface area contributed by atoms with E-state index < -0.39 is 0 Å². The van der Waals surface area contributed by atoms with Crippen LogP contribution in [0.15, 0.2) is 0 Å². The van der Waals surface area contributed by atoms with Crippen LogP contribution in [0.5, 0.6) is 0 Å². The standard InChI is InChI=1S/C15H27NO2/c17-12-15(4-6-18-7-5-15)11-16-9-13-2-1-3-14(8-13)10-16/h13-14,17H,1-12H2. The quantitative estimate of drug-likeness (QED) is 0.834. The monoisotopic (exact) mass is 253 g/mol. The summed E-state index contributed by atoms with van der Waals surface area (Å²) in [5.74, 6) is 1.88. The average molecular weight is 253 g/mol. The Kier molecular flexibility index (Phi) is 3.92. The maximum absolute atomic E-state index is 9.79. The fraction of sp³-hybridized carbons (Fsp3) is 1.00. The topological polar surface area (TPSA) is 32.7 Å². The smallest absolute Gasteiger partial charge is 0.0501 e. The molecule has 2 saturated heterocycles. The molecule has 0 aromatic heterocycles. The number of likely N-dealkylation sites (tertiary alicyclic amines) is 1. The molecule has 1 saturated carbocycles. The molecule has 0 amide bonds. The van der Waals surface area contributed by atoms with Crippen molar-refractivity contribution in [1.29, 1.82) is 0 Å². The zero-order chi connectivity index (χ0) is 12.4. The van der Waals surface area contributed by atoms with Crippen molar-refractivity contribution in [3.8, 4) is 0 Å². The highest BCUT2D eigenvalue weighted by molar-refractivity contribution is 4.89. The van der Waals surface area contributed by atoms with E-state index in [1.807, 2.05) is 0 Å². The second-order valence-corrected chi connectivity index (χ2v) is 6.86. The molecule has 3 heteroatoms.